The van der Waals surface area contributed by atoms with Crippen molar-refractivity contribution >= 4 is 5.97 Å². The quantitative estimate of drug-likeness (QED) is 0.0487. The van der Waals surface area contributed by atoms with Gasteiger partial charge in [-0.25, -0.2) is 0 Å². The van der Waals surface area contributed by atoms with Gasteiger partial charge in [-0.1, -0.05) is 167 Å². The first-order chi connectivity index (χ1) is 18.8. The van der Waals surface area contributed by atoms with E-state index in [0.29, 0.717) is 13.0 Å². The van der Waals surface area contributed by atoms with E-state index >= 15 is 0 Å². The van der Waals surface area contributed by atoms with Gasteiger partial charge >= 0.3 is 5.97 Å². The summed E-state index contributed by atoms with van der Waals surface area (Å²) in [6.07, 6.45) is 44.1. The predicted molar refractivity (Wildman–Crippen MR) is 170 cm³/mol. The van der Waals surface area contributed by atoms with Crippen molar-refractivity contribution in [2.24, 2.45) is 0 Å². The van der Waals surface area contributed by atoms with Gasteiger partial charge in [0.15, 0.2) is 0 Å². The molecule has 2 nitrogen and oxygen atoms in total. The number of hydrogen-bond donors (Lipinski definition) is 0. The van der Waals surface area contributed by atoms with Gasteiger partial charge in [0.05, 0.1) is 6.61 Å². The molecule has 0 aromatic rings. The highest BCUT2D eigenvalue weighted by Gasteiger charge is 2.02. The van der Waals surface area contributed by atoms with Crippen LogP contribution < -0.4 is 0 Å². The Bertz CT molecular complexity index is 470. The molecule has 0 aliphatic carbocycles. The molecule has 38 heavy (non-hydrogen) atoms. The molecule has 0 radical (unpaired) electrons. The second-order valence-corrected chi connectivity index (χ2v) is 11.9. The summed E-state index contributed by atoms with van der Waals surface area (Å²) >= 11 is 0. The first-order valence-corrected chi connectivity index (χ1v) is 17.6. The summed E-state index contributed by atoms with van der Waals surface area (Å²) in [6.45, 7) is 5.18. The Hall–Kier alpha value is -0.790. The third kappa shape index (κ3) is 33.2. The monoisotopic (exact) mass is 535 g/mol. The molecule has 0 aromatic carbocycles. The van der Waals surface area contributed by atoms with Crippen LogP contribution >= 0.6 is 0 Å². The van der Waals surface area contributed by atoms with Gasteiger partial charge in [0.25, 0.3) is 0 Å². The van der Waals surface area contributed by atoms with Crippen molar-refractivity contribution in [2.45, 2.75) is 206 Å². The zero-order chi connectivity index (χ0) is 27.6. The second-order valence-electron chi connectivity index (χ2n) is 11.9. The molecule has 0 saturated heterocycles. The van der Waals surface area contributed by atoms with E-state index in [1.54, 1.807) is 0 Å². The fraction of sp³-hybridized carbons (Fsp3) is 0.917. The van der Waals surface area contributed by atoms with Crippen LogP contribution in [0.2, 0.25) is 0 Å². The number of carbonyl (C=O) groups is 1. The Morgan fingerprint density at radius 1 is 0.421 bits per heavy atom. The molecule has 0 aliphatic heterocycles. The summed E-state index contributed by atoms with van der Waals surface area (Å²) in [7, 11) is 0. The van der Waals surface area contributed by atoms with Gasteiger partial charge in [0.1, 0.15) is 0 Å². The number of rotatable bonds is 32. The van der Waals surface area contributed by atoms with E-state index in [0.717, 1.165) is 19.3 Å². The average molecular weight is 535 g/mol. The molecular weight excluding hydrogens is 464 g/mol. The number of ether oxygens (including phenoxy) is 1. The highest BCUT2D eigenvalue weighted by atomic mass is 16.5. The van der Waals surface area contributed by atoms with Crippen molar-refractivity contribution < 1.29 is 9.53 Å². The first-order valence-electron chi connectivity index (χ1n) is 17.6. The number of carbonyl (C=O) groups excluding carboxylic acids is 1. The zero-order valence-electron chi connectivity index (χ0n) is 26.4. The van der Waals surface area contributed by atoms with Crippen LogP contribution in [-0.2, 0) is 9.53 Å². The van der Waals surface area contributed by atoms with E-state index in [-0.39, 0.29) is 5.97 Å². The summed E-state index contributed by atoms with van der Waals surface area (Å²) in [4.78, 5) is 11.9. The summed E-state index contributed by atoms with van der Waals surface area (Å²) in [5, 5.41) is 0. The van der Waals surface area contributed by atoms with E-state index in [4.69, 9.17) is 4.74 Å². The van der Waals surface area contributed by atoms with E-state index in [2.05, 4.69) is 26.0 Å². The van der Waals surface area contributed by atoms with Gasteiger partial charge in [-0.15, -0.1) is 0 Å². The van der Waals surface area contributed by atoms with E-state index in [9.17, 15) is 4.79 Å². The lowest BCUT2D eigenvalue weighted by Crippen LogP contribution is -2.05. The average Bonchev–Trinajstić information content (AvgIpc) is 2.92. The maximum Gasteiger partial charge on any atom is 0.305 e. The van der Waals surface area contributed by atoms with E-state index in [1.165, 1.54) is 167 Å². The Labute approximate surface area is 240 Å². The SMILES string of the molecule is CCCCCCCCCCC/C=C\CCCCCOC(=O)CCCCCCCCCCCCCCCCC. The first kappa shape index (κ1) is 37.2. The molecule has 0 unspecified atom stereocenters. The van der Waals surface area contributed by atoms with Crippen molar-refractivity contribution in [3.05, 3.63) is 12.2 Å². The highest BCUT2D eigenvalue weighted by molar-refractivity contribution is 5.69. The van der Waals surface area contributed by atoms with Gasteiger partial charge in [-0.3, -0.25) is 4.79 Å². The van der Waals surface area contributed by atoms with Crippen molar-refractivity contribution in [3.63, 3.8) is 0 Å². The van der Waals surface area contributed by atoms with Gasteiger partial charge in [0.2, 0.25) is 0 Å². The van der Waals surface area contributed by atoms with Crippen LogP contribution in [0.1, 0.15) is 206 Å². The van der Waals surface area contributed by atoms with Crippen molar-refractivity contribution in [2.75, 3.05) is 6.61 Å². The smallest absolute Gasteiger partial charge is 0.305 e. The Morgan fingerprint density at radius 2 is 0.737 bits per heavy atom. The second kappa shape index (κ2) is 34.2. The highest BCUT2D eigenvalue weighted by Crippen LogP contribution is 2.14. The standard InChI is InChI=1S/C36H70O2/c1-3-5-7-9-11-13-15-17-19-21-23-25-27-29-31-33-35-38-36(37)34-32-30-28-26-24-22-20-18-16-14-12-10-8-6-4-2/h23,25H,3-22,24,26-35H2,1-2H3/b25-23-. The zero-order valence-corrected chi connectivity index (χ0v) is 26.4. The lowest BCUT2D eigenvalue weighted by atomic mass is 10.0. The molecule has 0 rings (SSSR count). The molecule has 0 spiro atoms. The lowest BCUT2D eigenvalue weighted by molar-refractivity contribution is -0.143. The van der Waals surface area contributed by atoms with Crippen LogP contribution in [0, 0.1) is 0 Å². The third-order valence-corrected chi connectivity index (χ3v) is 7.90. The number of unbranched alkanes of at least 4 members (excludes halogenated alkanes) is 26. The van der Waals surface area contributed by atoms with Gasteiger partial charge < -0.3 is 4.74 Å². The minimum atomic E-state index is 0.0144. The van der Waals surface area contributed by atoms with Crippen LogP contribution in [-0.4, -0.2) is 12.6 Å². The van der Waals surface area contributed by atoms with Gasteiger partial charge in [-0.2, -0.15) is 0 Å². The van der Waals surface area contributed by atoms with Gasteiger partial charge in [-0.05, 0) is 44.9 Å². The molecule has 2 heteroatoms. The third-order valence-electron chi connectivity index (χ3n) is 7.90. The Balaban J connectivity index is 3.20. The van der Waals surface area contributed by atoms with Crippen LogP contribution in [0.25, 0.3) is 0 Å². The number of allylic oxidation sites excluding steroid dienone is 2. The normalized spacial score (nSPS) is 11.5. The molecule has 0 fully saturated rings. The molecule has 0 amide bonds. The summed E-state index contributed by atoms with van der Waals surface area (Å²) in [6, 6.07) is 0. The Kier molecular flexibility index (Phi) is 33.5. The van der Waals surface area contributed by atoms with Gasteiger partial charge in [0, 0.05) is 6.42 Å². The molecule has 226 valence electrons. The summed E-state index contributed by atoms with van der Waals surface area (Å²) in [5.41, 5.74) is 0. The van der Waals surface area contributed by atoms with Crippen LogP contribution in [0.4, 0.5) is 0 Å². The van der Waals surface area contributed by atoms with Crippen LogP contribution in [0.3, 0.4) is 0 Å². The lowest BCUT2D eigenvalue weighted by Gasteiger charge is -2.05. The maximum absolute atomic E-state index is 11.9. The topological polar surface area (TPSA) is 26.3 Å². The van der Waals surface area contributed by atoms with Crippen molar-refractivity contribution in [1.82, 2.24) is 0 Å². The van der Waals surface area contributed by atoms with Crippen LogP contribution in [0.5, 0.6) is 0 Å². The molecular formula is C36H70O2. The number of hydrogen-bond acceptors (Lipinski definition) is 2. The van der Waals surface area contributed by atoms with Crippen LogP contribution in [0.15, 0.2) is 12.2 Å². The van der Waals surface area contributed by atoms with Crippen molar-refractivity contribution in [1.29, 1.82) is 0 Å². The maximum atomic E-state index is 11.9. The van der Waals surface area contributed by atoms with E-state index < -0.39 is 0 Å². The largest absolute Gasteiger partial charge is 0.466 e. The molecule has 0 heterocycles. The predicted octanol–water partition coefficient (Wildman–Crippen LogP) is 12.8. The fourth-order valence-corrected chi connectivity index (χ4v) is 5.25. The fourth-order valence-electron chi connectivity index (χ4n) is 5.25. The molecule has 0 aliphatic rings. The molecule has 0 saturated carbocycles. The Morgan fingerprint density at radius 3 is 1.13 bits per heavy atom. The summed E-state index contributed by atoms with van der Waals surface area (Å²) < 4.78 is 5.42. The molecule has 0 N–H and O–H groups in total. The minimum Gasteiger partial charge on any atom is -0.466 e. The summed E-state index contributed by atoms with van der Waals surface area (Å²) in [5.74, 6) is 0.0144. The molecule has 0 aromatic heterocycles. The van der Waals surface area contributed by atoms with Crippen molar-refractivity contribution in [3.8, 4) is 0 Å². The number of esters is 1. The molecule has 0 bridgehead atoms. The molecule has 0 atom stereocenters. The van der Waals surface area contributed by atoms with E-state index in [1.807, 2.05) is 0 Å². The minimum absolute atomic E-state index is 0.0144.